The number of hydrogen-bond donors (Lipinski definition) is 0. The van der Waals surface area contributed by atoms with E-state index in [0.717, 1.165) is 0 Å². The van der Waals surface area contributed by atoms with Gasteiger partial charge in [0.25, 0.3) is 0 Å². The summed E-state index contributed by atoms with van der Waals surface area (Å²) in [5.74, 6) is 0. The summed E-state index contributed by atoms with van der Waals surface area (Å²) in [6.45, 7) is 0. The SMILES string of the molecule is COP(=O)(Cc1ccc(S(=O)(=O)c2ccccc2)cc1)OC. The summed E-state index contributed by atoms with van der Waals surface area (Å²) in [5.41, 5.74) is 0.680. The minimum atomic E-state index is -3.54. The first kappa shape index (κ1) is 16.9. The Bertz CT molecular complexity index is 761. The first-order valence-electron chi connectivity index (χ1n) is 6.51. The van der Waals surface area contributed by atoms with Gasteiger partial charge in [0, 0.05) is 14.2 Å². The van der Waals surface area contributed by atoms with Crippen LogP contribution in [0.2, 0.25) is 0 Å². The Labute approximate surface area is 130 Å². The van der Waals surface area contributed by atoms with Crippen LogP contribution in [-0.2, 0) is 29.6 Å². The lowest BCUT2D eigenvalue weighted by Gasteiger charge is -2.13. The van der Waals surface area contributed by atoms with Crippen molar-refractivity contribution in [3.05, 3.63) is 60.2 Å². The van der Waals surface area contributed by atoms with E-state index >= 15 is 0 Å². The Morgan fingerprint density at radius 3 is 1.86 bits per heavy atom. The third-order valence-electron chi connectivity index (χ3n) is 3.22. The van der Waals surface area contributed by atoms with Crippen molar-refractivity contribution in [2.75, 3.05) is 14.2 Å². The van der Waals surface area contributed by atoms with Crippen molar-refractivity contribution in [2.24, 2.45) is 0 Å². The first-order chi connectivity index (χ1) is 10.4. The van der Waals surface area contributed by atoms with Crippen molar-refractivity contribution in [2.45, 2.75) is 16.0 Å². The molecule has 0 heterocycles. The minimum Gasteiger partial charge on any atom is -0.312 e. The quantitative estimate of drug-likeness (QED) is 0.753. The Kier molecular flexibility index (Phi) is 5.19. The minimum absolute atomic E-state index is 0.0890. The van der Waals surface area contributed by atoms with Crippen LogP contribution in [0.3, 0.4) is 0 Å². The molecule has 0 atom stereocenters. The molecule has 0 radical (unpaired) electrons. The van der Waals surface area contributed by atoms with Crippen LogP contribution in [0.25, 0.3) is 0 Å². The Hall–Kier alpha value is -1.46. The standard InChI is InChI=1S/C15H17O5PS/c1-19-21(16,20-2)12-13-8-10-15(11-9-13)22(17,18)14-6-4-3-5-7-14/h3-11H,12H2,1-2H3. The van der Waals surface area contributed by atoms with E-state index in [-0.39, 0.29) is 16.0 Å². The van der Waals surface area contributed by atoms with Gasteiger partial charge in [0.2, 0.25) is 9.84 Å². The highest BCUT2D eigenvalue weighted by Crippen LogP contribution is 2.49. The lowest BCUT2D eigenvalue weighted by molar-refractivity contribution is 0.275. The van der Waals surface area contributed by atoms with Gasteiger partial charge in [-0.2, -0.15) is 0 Å². The van der Waals surface area contributed by atoms with Gasteiger partial charge in [0.1, 0.15) is 0 Å². The first-order valence-corrected chi connectivity index (χ1v) is 9.72. The van der Waals surface area contributed by atoms with E-state index in [0.29, 0.717) is 5.56 Å². The van der Waals surface area contributed by atoms with E-state index in [9.17, 15) is 13.0 Å². The van der Waals surface area contributed by atoms with Gasteiger partial charge in [-0.25, -0.2) is 8.42 Å². The second-order valence-electron chi connectivity index (χ2n) is 4.59. The fourth-order valence-corrected chi connectivity index (χ4v) is 4.28. The summed E-state index contributed by atoms with van der Waals surface area (Å²) in [4.78, 5) is 0.425. The molecule has 0 saturated heterocycles. The summed E-state index contributed by atoms with van der Waals surface area (Å²) in [5, 5.41) is 0. The van der Waals surface area contributed by atoms with Gasteiger partial charge in [0.15, 0.2) is 0 Å². The summed E-state index contributed by atoms with van der Waals surface area (Å²) >= 11 is 0. The van der Waals surface area contributed by atoms with Crippen molar-refractivity contribution in [1.82, 2.24) is 0 Å². The van der Waals surface area contributed by atoms with Gasteiger partial charge in [-0.15, -0.1) is 0 Å². The average Bonchev–Trinajstić information content (AvgIpc) is 2.56. The zero-order valence-electron chi connectivity index (χ0n) is 12.3. The smallest absolute Gasteiger partial charge is 0.312 e. The molecule has 0 aliphatic heterocycles. The topological polar surface area (TPSA) is 69.7 Å². The fraction of sp³-hybridized carbons (Fsp3) is 0.200. The molecule has 0 aromatic heterocycles. The third-order valence-corrected chi connectivity index (χ3v) is 6.87. The van der Waals surface area contributed by atoms with Gasteiger partial charge in [0.05, 0.1) is 16.0 Å². The summed E-state index contributed by atoms with van der Waals surface area (Å²) in [6, 6.07) is 14.4. The van der Waals surface area contributed by atoms with Crippen LogP contribution in [0, 0.1) is 0 Å². The molecule has 2 aromatic carbocycles. The number of hydrogen-bond acceptors (Lipinski definition) is 5. The molecule has 0 unspecified atom stereocenters. The summed E-state index contributed by atoms with van der Waals surface area (Å²) in [7, 11) is -4.07. The van der Waals surface area contributed by atoms with Crippen LogP contribution in [0.5, 0.6) is 0 Å². The highest BCUT2D eigenvalue weighted by Gasteiger charge is 2.22. The monoisotopic (exact) mass is 340 g/mol. The Balaban J connectivity index is 2.28. The molecule has 2 rings (SSSR count). The Morgan fingerprint density at radius 1 is 0.864 bits per heavy atom. The van der Waals surface area contributed by atoms with Crippen LogP contribution in [-0.4, -0.2) is 22.6 Å². The van der Waals surface area contributed by atoms with Crippen molar-refractivity contribution in [1.29, 1.82) is 0 Å². The summed E-state index contributed by atoms with van der Waals surface area (Å²) < 4.78 is 46.7. The molecule has 22 heavy (non-hydrogen) atoms. The van der Waals surface area contributed by atoms with Crippen molar-refractivity contribution >= 4 is 17.4 Å². The highest BCUT2D eigenvalue weighted by atomic mass is 32.2. The molecule has 5 nitrogen and oxygen atoms in total. The van der Waals surface area contributed by atoms with Crippen LogP contribution in [0.4, 0.5) is 0 Å². The normalized spacial score (nSPS) is 12.3. The van der Waals surface area contributed by atoms with E-state index in [2.05, 4.69) is 0 Å². The largest absolute Gasteiger partial charge is 0.334 e. The van der Waals surface area contributed by atoms with Gasteiger partial charge in [-0.3, -0.25) is 4.57 Å². The zero-order chi connectivity index (χ0) is 16.2. The molecule has 0 aliphatic rings. The number of sulfone groups is 1. The molecule has 0 bridgehead atoms. The third kappa shape index (κ3) is 3.65. The van der Waals surface area contributed by atoms with Crippen LogP contribution in [0.15, 0.2) is 64.4 Å². The van der Waals surface area contributed by atoms with E-state index in [1.165, 1.54) is 26.4 Å². The van der Waals surface area contributed by atoms with Crippen molar-refractivity contribution in [3.8, 4) is 0 Å². The maximum absolute atomic E-state index is 12.4. The predicted molar refractivity (Wildman–Crippen MR) is 83.7 cm³/mol. The van der Waals surface area contributed by atoms with E-state index < -0.39 is 17.4 Å². The van der Waals surface area contributed by atoms with Gasteiger partial charge < -0.3 is 9.05 Å². The fourth-order valence-electron chi connectivity index (χ4n) is 1.94. The predicted octanol–water partition coefficient (Wildman–Crippen LogP) is 3.51. The molecular formula is C15H17O5PS. The van der Waals surface area contributed by atoms with Crippen LogP contribution >= 0.6 is 7.60 Å². The van der Waals surface area contributed by atoms with Crippen molar-refractivity contribution in [3.63, 3.8) is 0 Å². The number of rotatable bonds is 6. The molecular weight excluding hydrogens is 323 g/mol. The molecule has 0 aliphatic carbocycles. The summed E-state index contributed by atoms with van der Waals surface area (Å²) in [6.07, 6.45) is 0.0890. The number of benzene rings is 2. The Morgan fingerprint density at radius 2 is 1.36 bits per heavy atom. The van der Waals surface area contributed by atoms with Gasteiger partial charge in [-0.05, 0) is 29.8 Å². The molecule has 0 fully saturated rings. The zero-order valence-corrected chi connectivity index (χ0v) is 14.0. The maximum atomic E-state index is 12.4. The lowest BCUT2D eigenvalue weighted by Crippen LogP contribution is -2.02. The van der Waals surface area contributed by atoms with E-state index in [1.54, 1.807) is 42.5 Å². The molecule has 0 spiro atoms. The van der Waals surface area contributed by atoms with E-state index in [1.807, 2.05) is 0 Å². The van der Waals surface area contributed by atoms with Crippen LogP contribution in [0.1, 0.15) is 5.56 Å². The lowest BCUT2D eigenvalue weighted by atomic mass is 10.2. The average molecular weight is 340 g/mol. The molecule has 0 saturated carbocycles. The van der Waals surface area contributed by atoms with Gasteiger partial charge >= 0.3 is 7.60 Å². The van der Waals surface area contributed by atoms with Gasteiger partial charge in [-0.1, -0.05) is 30.3 Å². The molecule has 7 heteroatoms. The van der Waals surface area contributed by atoms with Crippen molar-refractivity contribution < 1.29 is 22.0 Å². The van der Waals surface area contributed by atoms with Crippen LogP contribution < -0.4 is 0 Å². The van der Waals surface area contributed by atoms with E-state index in [4.69, 9.17) is 9.05 Å². The molecule has 118 valence electrons. The second kappa shape index (κ2) is 6.75. The molecule has 0 N–H and O–H groups in total. The molecule has 2 aromatic rings. The second-order valence-corrected chi connectivity index (χ2v) is 8.81. The maximum Gasteiger partial charge on any atom is 0.334 e. The highest BCUT2D eigenvalue weighted by molar-refractivity contribution is 7.91. The molecule has 0 amide bonds.